The van der Waals surface area contributed by atoms with Crippen molar-refractivity contribution in [3.63, 3.8) is 0 Å². The van der Waals surface area contributed by atoms with Crippen molar-refractivity contribution < 1.29 is 28.3 Å². The molecule has 1 aromatic heterocycles. The van der Waals surface area contributed by atoms with Crippen LogP contribution in [0.3, 0.4) is 0 Å². The highest BCUT2D eigenvalue weighted by molar-refractivity contribution is 5.98. The van der Waals surface area contributed by atoms with E-state index in [9.17, 15) is 24.3 Å². The van der Waals surface area contributed by atoms with Crippen LogP contribution in [0.15, 0.2) is 53.5 Å². The van der Waals surface area contributed by atoms with E-state index < -0.39 is 53.5 Å². The Morgan fingerprint density at radius 3 is 2.40 bits per heavy atom. The predicted octanol–water partition coefficient (Wildman–Crippen LogP) is 4.38. The third kappa shape index (κ3) is 4.88. The van der Waals surface area contributed by atoms with E-state index in [2.05, 4.69) is 5.32 Å². The summed E-state index contributed by atoms with van der Waals surface area (Å²) in [6.45, 7) is 7.85. The van der Waals surface area contributed by atoms with Crippen molar-refractivity contribution >= 4 is 17.8 Å². The number of rotatable bonds is 7. The van der Waals surface area contributed by atoms with Gasteiger partial charge in [-0.25, -0.2) is 8.78 Å². The molecular weight excluding hydrogens is 544 g/mol. The largest absolute Gasteiger partial charge is 0.481 e. The number of carbonyl (C=O) groups is 3. The lowest BCUT2D eigenvalue weighted by Crippen LogP contribution is -2.51. The number of likely N-dealkylation sites (tertiary alicyclic amines) is 1. The monoisotopic (exact) mass is 577 g/mol. The van der Waals surface area contributed by atoms with E-state index in [0.717, 1.165) is 17.2 Å². The normalized spacial score (nSPS) is 21.0. The number of aryl methyl sites for hydroxylation is 3. The maximum absolute atomic E-state index is 15.3. The van der Waals surface area contributed by atoms with Gasteiger partial charge >= 0.3 is 5.97 Å². The molecule has 3 aromatic rings. The second-order valence-corrected chi connectivity index (χ2v) is 12.0. The Morgan fingerprint density at radius 1 is 1.10 bits per heavy atom. The molecule has 4 atom stereocenters. The van der Waals surface area contributed by atoms with Crippen LogP contribution in [0.25, 0.3) is 11.1 Å². The first-order valence-corrected chi connectivity index (χ1v) is 13.8. The Kier molecular flexibility index (Phi) is 7.28. The van der Waals surface area contributed by atoms with E-state index in [0.29, 0.717) is 11.1 Å². The summed E-state index contributed by atoms with van der Waals surface area (Å²) >= 11 is 0. The molecule has 2 aliphatic rings. The fourth-order valence-electron chi connectivity index (χ4n) is 6.66. The zero-order valence-electron chi connectivity index (χ0n) is 24.1. The third-order valence-corrected chi connectivity index (χ3v) is 8.99. The van der Waals surface area contributed by atoms with Crippen molar-refractivity contribution in [1.82, 2.24) is 14.8 Å². The molecule has 5 rings (SSSR count). The van der Waals surface area contributed by atoms with Crippen LogP contribution in [0.2, 0.25) is 0 Å². The molecule has 2 aromatic carbocycles. The second-order valence-electron chi connectivity index (χ2n) is 12.0. The highest BCUT2D eigenvalue weighted by Gasteiger charge is 2.69. The molecule has 1 aliphatic heterocycles. The van der Waals surface area contributed by atoms with Crippen molar-refractivity contribution in [2.24, 2.45) is 24.3 Å². The molecule has 0 radical (unpaired) electrons. The molecule has 2 heterocycles. The standard InChI is InChI=1S/C32H33F2N3O5/c1-16-8-6-9-17(2)25(16)18-12-20(27(34)22(33)13-18)23(14-24(38)39)35-29(40)28-26-21(32(26,3)4)15-37(28)31(42)19-10-7-11-36(5)30(19)41/h6-13,21,23,26,28H,14-15H2,1-5H3,(H,35,40)(H,38,39)/t21?,23-,26-,28-/m0/s1. The predicted molar refractivity (Wildman–Crippen MR) is 152 cm³/mol. The molecule has 1 unspecified atom stereocenters. The van der Waals surface area contributed by atoms with Gasteiger partial charge in [0, 0.05) is 25.4 Å². The first-order valence-electron chi connectivity index (χ1n) is 13.8. The molecule has 42 heavy (non-hydrogen) atoms. The number of nitrogens with one attached hydrogen (secondary N) is 1. The van der Waals surface area contributed by atoms with Crippen LogP contribution in [0, 0.1) is 42.7 Å². The van der Waals surface area contributed by atoms with E-state index in [1.807, 2.05) is 45.9 Å². The molecule has 2 amide bonds. The average molecular weight is 578 g/mol. The summed E-state index contributed by atoms with van der Waals surface area (Å²) in [6.07, 6.45) is 0.806. The number of carbonyl (C=O) groups excluding carboxylic acids is 2. The van der Waals surface area contributed by atoms with Crippen LogP contribution < -0.4 is 10.9 Å². The van der Waals surface area contributed by atoms with Gasteiger partial charge in [-0.2, -0.15) is 0 Å². The minimum Gasteiger partial charge on any atom is -0.481 e. The van der Waals surface area contributed by atoms with Crippen molar-refractivity contribution in [2.75, 3.05) is 6.54 Å². The SMILES string of the molecule is Cc1cccc(C)c1-c1cc(F)c(F)c([C@H](CC(=O)O)NC(=O)[C@@H]2[C@@H]3C(CN2C(=O)c2cccn(C)c2=O)C3(C)C)c1. The molecule has 0 spiro atoms. The van der Waals surface area contributed by atoms with E-state index in [1.165, 1.54) is 34.8 Å². The van der Waals surface area contributed by atoms with E-state index in [-0.39, 0.29) is 34.9 Å². The summed E-state index contributed by atoms with van der Waals surface area (Å²) in [5, 5.41) is 12.3. The molecule has 8 nitrogen and oxygen atoms in total. The Balaban J connectivity index is 1.52. The van der Waals surface area contributed by atoms with Crippen molar-refractivity contribution in [3.8, 4) is 11.1 Å². The summed E-state index contributed by atoms with van der Waals surface area (Å²) in [5.74, 6) is -5.30. The number of aliphatic carboxylic acids is 1. The Hall–Kier alpha value is -4.34. The van der Waals surface area contributed by atoms with Gasteiger partial charge in [0.05, 0.1) is 12.5 Å². The minimum absolute atomic E-state index is 0.00997. The van der Waals surface area contributed by atoms with Gasteiger partial charge in [0.1, 0.15) is 11.6 Å². The van der Waals surface area contributed by atoms with E-state index >= 15 is 8.78 Å². The van der Waals surface area contributed by atoms with Gasteiger partial charge in [-0.15, -0.1) is 0 Å². The number of pyridine rings is 1. The molecule has 1 saturated heterocycles. The van der Waals surface area contributed by atoms with Gasteiger partial charge in [-0.05, 0) is 77.6 Å². The number of nitrogens with zero attached hydrogens (tertiary/aromatic N) is 2. The fraction of sp³-hybridized carbons (Fsp3) is 0.375. The quantitative estimate of drug-likeness (QED) is 0.434. The van der Waals surface area contributed by atoms with Crippen LogP contribution in [-0.4, -0.2) is 44.9 Å². The number of carboxylic acids is 1. The maximum Gasteiger partial charge on any atom is 0.305 e. The van der Waals surface area contributed by atoms with Crippen molar-refractivity contribution in [2.45, 2.75) is 46.2 Å². The summed E-state index contributed by atoms with van der Waals surface area (Å²) < 4.78 is 31.6. The van der Waals surface area contributed by atoms with Gasteiger partial charge in [-0.3, -0.25) is 19.2 Å². The molecule has 2 N–H and O–H groups in total. The second kappa shape index (κ2) is 10.5. The van der Waals surface area contributed by atoms with Gasteiger partial charge < -0.3 is 19.9 Å². The summed E-state index contributed by atoms with van der Waals surface area (Å²) in [6, 6.07) is 8.46. The number of piperidine rings is 1. The van der Waals surface area contributed by atoms with Crippen molar-refractivity contribution in [3.05, 3.63) is 92.9 Å². The third-order valence-electron chi connectivity index (χ3n) is 8.99. The zero-order chi connectivity index (χ0) is 30.7. The molecule has 0 bridgehead atoms. The van der Waals surface area contributed by atoms with Crippen LogP contribution in [0.4, 0.5) is 8.78 Å². The molecule has 2 fully saturated rings. The topological polar surface area (TPSA) is 109 Å². The van der Waals surface area contributed by atoms with E-state index in [1.54, 1.807) is 6.07 Å². The van der Waals surface area contributed by atoms with Crippen LogP contribution in [0.5, 0.6) is 0 Å². The average Bonchev–Trinajstić information content (AvgIpc) is 3.23. The fourth-order valence-corrected chi connectivity index (χ4v) is 6.66. The Bertz CT molecular complexity index is 1660. The van der Waals surface area contributed by atoms with Gasteiger partial charge in [0.25, 0.3) is 11.5 Å². The van der Waals surface area contributed by atoms with Gasteiger partial charge in [0.2, 0.25) is 5.91 Å². The lowest BCUT2D eigenvalue weighted by atomic mass is 9.91. The van der Waals surface area contributed by atoms with Gasteiger partial charge in [-0.1, -0.05) is 32.0 Å². The lowest BCUT2D eigenvalue weighted by Gasteiger charge is -2.31. The molecule has 1 aliphatic carbocycles. The summed E-state index contributed by atoms with van der Waals surface area (Å²) in [7, 11) is 1.52. The van der Waals surface area contributed by atoms with Gasteiger partial charge in [0.15, 0.2) is 11.6 Å². The molecule has 1 saturated carbocycles. The zero-order valence-corrected chi connectivity index (χ0v) is 24.1. The van der Waals surface area contributed by atoms with Crippen LogP contribution in [-0.2, 0) is 16.6 Å². The van der Waals surface area contributed by atoms with Crippen molar-refractivity contribution in [1.29, 1.82) is 0 Å². The summed E-state index contributed by atoms with van der Waals surface area (Å²) in [5.41, 5.74) is 1.49. The Morgan fingerprint density at radius 2 is 1.76 bits per heavy atom. The first-order chi connectivity index (χ1) is 19.7. The number of carboxylic acid groups (broad SMARTS) is 1. The number of fused-ring (bicyclic) bond motifs is 1. The number of halogens is 2. The summed E-state index contributed by atoms with van der Waals surface area (Å²) in [4.78, 5) is 53.3. The number of benzene rings is 2. The Labute approximate surface area is 242 Å². The smallest absolute Gasteiger partial charge is 0.305 e. The number of amides is 2. The first kappa shape index (κ1) is 29.2. The molecule has 10 heteroatoms. The highest BCUT2D eigenvalue weighted by atomic mass is 19.2. The maximum atomic E-state index is 15.3. The molecular formula is C32H33F2N3O5. The van der Waals surface area contributed by atoms with Crippen LogP contribution >= 0.6 is 0 Å². The van der Waals surface area contributed by atoms with Crippen LogP contribution in [0.1, 0.15) is 53.4 Å². The minimum atomic E-state index is -1.42. The lowest BCUT2D eigenvalue weighted by molar-refractivity contribution is -0.138. The number of hydrogen-bond donors (Lipinski definition) is 2. The van der Waals surface area contributed by atoms with E-state index in [4.69, 9.17) is 0 Å². The number of aromatic nitrogens is 1. The highest BCUT2D eigenvalue weighted by Crippen LogP contribution is 2.65. The number of hydrogen-bond acceptors (Lipinski definition) is 4. The molecule has 220 valence electrons.